The quantitative estimate of drug-likeness (QED) is 0.815. The van der Waals surface area contributed by atoms with E-state index >= 15 is 0 Å². The van der Waals surface area contributed by atoms with Crippen LogP contribution in [0.5, 0.6) is 0 Å². The molecule has 3 nitrogen and oxygen atoms in total. The number of nitrogen functional groups attached to an aromatic ring is 1. The lowest BCUT2D eigenvalue weighted by Crippen LogP contribution is -2.21. The average molecular weight is 262 g/mol. The maximum Gasteiger partial charge on any atom is 0.0503 e. The molecule has 90 valence electrons. The van der Waals surface area contributed by atoms with E-state index in [0.717, 1.165) is 11.7 Å². The molecular formula is C11H17Cl2N3. The normalized spacial score (nSPS) is 30.6. The van der Waals surface area contributed by atoms with Crippen molar-refractivity contribution in [2.45, 2.75) is 37.3 Å². The Labute approximate surface area is 108 Å². The van der Waals surface area contributed by atoms with Crippen LogP contribution in [0, 0.1) is 0 Å². The van der Waals surface area contributed by atoms with Crippen molar-refractivity contribution in [2.75, 3.05) is 5.73 Å². The van der Waals surface area contributed by atoms with Gasteiger partial charge in [-0.25, -0.2) is 0 Å². The molecule has 5 heteroatoms. The summed E-state index contributed by atoms with van der Waals surface area (Å²) in [5, 5.41) is 3.63. The maximum absolute atomic E-state index is 5.74. The third-order valence-corrected chi connectivity index (χ3v) is 3.51. The standard InChI is InChI=1S/C11H15N3.2ClH/c12-8-3-7(5-13-6-8)10-4-9-1-2-11(10)14-9;;/h3,5-6,9-11,14H,1-2,4,12H2;2*1H/t9-,10+,11+;;/m0../s1. The molecule has 0 aliphatic carbocycles. The number of pyridine rings is 1. The number of hydrogen-bond donors (Lipinski definition) is 2. The predicted molar refractivity (Wildman–Crippen MR) is 70.4 cm³/mol. The minimum absolute atomic E-state index is 0. The Bertz CT molecular complexity index is 359. The fourth-order valence-electron chi connectivity index (χ4n) is 2.87. The summed E-state index contributed by atoms with van der Waals surface area (Å²) in [6.45, 7) is 0. The van der Waals surface area contributed by atoms with E-state index in [1.165, 1.54) is 24.8 Å². The van der Waals surface area contributed by atoms with Crippen molar-refractivity contribution >= 4 is 30.5 Å². The van der Waals surface area contributed by atoms with Crippen molar-refractivity contribution in [2.24, 2.45) is 0 Å². The fraction of sp³-hybridized carbons (Fsp3) is 0.545. The number of rotatable bonds is 1. The second-order valence-corrected chi connectivity index (χ2v) is 4.44. The molecule has 3 atom stereocenters. The molecule has 0 saturated carbocycles. The highest BCUT2D eigenvalue weighted by Crippen LogP contribution is 2.39. The third kappa shape index (κ3) is 2.26. The summed E-state index contributed by atoms with van der Waals surface area (Å²) in [4.78, 5) is 4.16. The first-order chi connectivity index (χ1) is 6.83. The Kier molecular flexibility index (Phi) is 4.42. The molecule has 2 fully saturated rings. The van der Waals surface area contributed by atoms with Crippen molar-refractivity contribution in [3.63, 3.8) is 0 Å². The van der Waals surface area contributed by atoms with Crippen molar-refractivity contribution < 1.29 is 0 Å². The van der Waals surface area contributed by atoms with Crippen LogP contribution in [0.1, 0.15) is 30.7 Å². The van der Waals surface area contributed by atoms with Crippen molar-refractivity contribution in [1.29, 1.82) is 0 Å². The summed E-state index contributed by atoms with van der Waals surface area (Å²) in [6, 6.07) is 3.48. The molecule has 0 radical (unpaired) electrons. The van der Waals surface area contributed by atoms with Crippen LogP contribution in [-0.4, -0.2) is 17.1 Å². The first-order valence-electron chi connectivity index (χ1n) is 5.29. The highest BCUT2D eigenvalue weighted by atomic mass is 35.5. The number of hydrogen-bond acceptors (Lipinski definition) is 3. The molecule has 16 heavy (non-hydrogen) atoms. The summed E-state index contributed by atoms with van der Waals surface area (Å²) < 4.78 is 0. The lowest BCUT2D eigenvalue weighted by atomic mass is 9.84. The summed E-state index contributed by atoms with van der Waals surface area (Å²) in [7, 11) is 0. The SMILES string of the molecule is Cl.Cl.Nc1cncc([C@H]2C[C@@H]3CC[C@H]2N3)c1. The molecule has 0 unspecified atom stereocenters. The van der Waals surface area contributed by atoms with Crippen LogP contribution in [0.25, 0.3) is 0 Å². The summed E-state index contributed by atoms with van der Waals surface area (Å²) >= 11 is 0. The fourth-order valence-corrected chi connectivity index (χ4v) is 2.87. The van der Waals surface area contributed by atoms with E-state index < -0.39 is 0 Å². The van der Waals surface area contributed by atoms with Crippen LogP contribution in [0.3, 0.4) is 0 Å². The van der Waals surface area contributed by atoms with Gasteiger partial charge in [0, 0.05) is 30.4 Å². The minimum Gasteiger partial charge on any atom is -0.397 e. The second kappa shape index (κ2) is 5.21. The molecule has 2 aliphatic rings. The number of nitrogens with one attached hydrogen (secondary N) is 1. The Morgan fingerprint density at radius 3 is 2.62 bits per heavy atom. The zero-order chi connectivity index (χ0) is 9.54. The van der Waals surface area contributed by atoms with Crippen LogP contribution in [-0.2, 0) is 0 Å². The Morgan fingerprint density at radius 1 is 1.25 bits per heavy atom. The van der Waals surface area contributed by atoms with E-state index in [2.05, 4.69) is 16.4 Å². The maximum atomic E-state index is 5.74. The molecule has 3 N–H and O–H groups in total. The number of aromatic nitrogens is 1. The van der Waals surface area contributed by atoms with Gasteiger partial charge in [0.15, 0.2) is 0 Å². The van der Waals surface area contributed by atoms with Gasteiger partial charge in [-0.15, -0.1) is 24.8 Å². The van der Waals surface area contributed by atoms with Gasteiger partial charge in [0.05, 0.1) is 5.69 Å². The van der Waals surface area contributed by atoms with Crippen molar-refractivity contribution in [1.82, 2.24) is 10.3 Å². The van der Waals surface area contributed by atoms with Gasteiger partial charge in [0.1, 0.15) is 0 Å². The zero-order valence-electron chi connectivity index (χ0n) is 8.93. The Balaban J connectivity index is 0.000000640. The van der Waals surface area contributed by atoms with E-state index in [4.69, 9.17) is 5.73 Å². The topological polar surface area (TPSA) is 50.9 Å². The Hall–Kier alpha value is -0.510. The highest BCUT2D eigenvalue weighted by molar-refractivity contribution is 5.85. The molecule has 2 bridgehead atoms. The Morgan fingerprint density at radius 2 is 2.06 bits per heavy atom. The third-order valence-electron chi connectivity index (χ3n) is 3.51. The van der Waals surface area contributed by atoms with Crippen LogP contribution >= 0.6 is 24.8 Å². The van der Waals surface area contributed by atoms with Gasteiger partial charge in [-0.1, -0.05) is 0 Å². The average Bonchev–Trinajstić information content (AvgIpc) is 2.78. The van der Waals surface area contributed by atoms with Gasteiger partial charge < -0.3 is 11.1 Å². The smallest absolute Gasteiger partial charge is 0.0503 e. The van der Waals surface area contributed by atoms with Gasteiger partial charge in [0.25, 0.3) is 0 Å². The monoisotopic (exact) mass is 261 g/mol. The van der Waals surface area contributed by atoms with E-state index in [0.29, 0.717) is 12.0 Å². The lowest BCUT2D eigenvalue weighted by Gasteiger charge is -2.20. The number of nitrogens with two attached hydrogens (primary N) is 1. The molecule has 2 saturated heterocycles. The van der Waals surface area contributed by atoms with E-state index in [-0.39, 0.29) is 24.8 Å². The van der Waals surface area contributed by atoms with E-state index in [9.17, 15) is 0 Å². The van der Waals surface area contributed by atoms with Crippen LogP contribution in [0.15, 0.2) is 18.5 Å². The molecule has 0 aromatic carbocycles. The number of nitrogens with zero attached hydrogens (tertiary/aromatic N) is 1. The molecule has 0 amide bonds. The van der Waals surface area contributed by atoms with Crippen LogP contribution in [0.4, 0.5) is 5.69 Å². The van der Waals surface area contributed by atoms with Crippen LogP contribution < -0.4 is 11.1 Å². The number of anilines is 1. The molecule has 1 aromatic rings. The van der Waals surface area contributed by atoms with Crippen molar-refractivity contribution in [3.05, 3.63) is 24.0 Å². The van der Waals surface area contributed by atoms with E-state index in [1.807, 2.05) is 6.20 Å². The van der Waals surface area contributed by atoms with Gasteiger partial charge in [-0.05, 0) is 30.9 Å². The molecule has 1 aromatic heterocycles. The van der Waals surface area contributed by atoms with Gasteiger partial charge in [-0.2, -0.15) is 0 Å². The first-order valence-corrected chi connectivity index (χ1v) is 5.29. The van der Waals surface area contributed by atoms with Gasteiger partial charge in [0.2, 0.25) is 0 Å². The summed E-state index contributed by atoms with van der Waals surface area (Å²) in [5.74, 6) is 0.643. The molecule has 2 aliphatic heterocycles. The first kappa shape index (κ1) is 13.6. The van der Waals surface area contributed by atoms with E-state index in [1.54, 1.807) is 6.20 Å². The lowest BCUT2D eigenvalue weighted by molar-refractivity contribution is 0.505. The van der Waals surface area contributed by atoms with Gasteiger partial charge >= 0.3 is 0 Å². The highest BCUT2D eigenvalue weighted by Gasteiger charge is 2.39. The minimum atomic E-state index is 0. The summed E-state index contributed by atoms with van der Waals surface area (Å²) in [6.07, 6.45) is 7.59. The van der Waals surface area contributed by atoms with Crippen molar-refractivity contribution in [3.8, 4) is 0 Å². The largest absolute Gasteiger partial charge is 0.397 e. The summed E-state index contributed by atoms with van der Waals surface area (Å²) in [5.41, 5.74) is 7.83. The zero-order valence-corrected chi connectivity index (χ0v) is 10.6. The second-order valence-electron chi connectivity index (χ2n) is 4.44. The van der Waals surface area contributed by atoms with Crippen LogP contribution in [0.2, 0.25) is 0 Å². The number of halogens is 2. The molecule has 3 rings (SSSR count). The molecular weight excluding hydrogens is 245 g/mol. The predicted octanol–water partition coefficient (Wildman–Crippen LogP) is 2.12. The molecule has 0 spiro atoms. The molecule has 3 heterocycles. The van der Waals surface area contributed by atoms with Gasteiger partial charge in [-0.3, -0.25) is 4.98 Å². The number of fused-ring (bicyclic) bond motifs is 2.